The molecule has 0 bridgehead atoms. The lowest BCUT2D eigenvalue weighted by Crippen LogP contribution is -2.21. The molecule has 3 nitrogen and oxygen atoms in total. The van der Waals surface area contributed by atoms with Gasteiger partial charge in [-0.1, -0.05) is 25.3 Å². The third-order valence-electron chi connectivity index (χ3n) is 2.99. The molecule has 18 heavy (non-hydrogen) atoms. The number of aryl methyl sites for hydroxylation is 1. The molecule has 1 aliphatic heterocycles. The van der Waals surface area contributed by atoms with Gasteiger partial charge in [0.05, 0.1) is 5.71 Å². The van der Waals surface area contributed by atoms with Gasteiger partial charge in [0.2, 0.25) is 0 Å². The van der Waals surface area contributed by atoms with Gasteiger partial charge in [-0.25, -0.2) is 0 Å². The van der Waals surface area contributed by atoms with E-state index in [0.29, 0.717) is 6.61 Å². The van der Waals surface area contributed by atoms with E-state index in [2.05, 4.69) is 23.1 Å². The Morgan fingerprint density at radius 2 is 2.17 bits per heavy atom. The van der Waals surface area contributed by atoms with Gasteiger partial charge in [0.15, 0.2) is 0 Å². The van der Waals surface area contributed by atoms with Crippen LogP contribution in [-0.2, 0) is 0 Å². The van der Waals surface area contributed by atoms with E-state index in [0.717, 1.165) is 33.9 Å². The second kappa shape index (κ2) is 5.00. The molecule has 0 unspecified atom stereocenters. The van der Waals surface area contributed by atoms with Crippen LogP contribution in [0.15, 0.2) is 42.7 Å². The topological polar surface area (TPSA) is 34.5 Å². The summed E-state index contributed by atoms with van der Waals surface area (Å²) >= 11 is 0. The van der Waals surface area contributed by atoms with Gasteiger partial charge in [-0.3, -0.25) is 9.98 Å². The number of hydrogen-bond acceptors (Lipinski definition) is 3. The molecule has 1 aromatic rings. The maximum absolute atomic E-state index is 5.76. The molecule has 0 aromatic carbocycles. The van der Waals surface area contributed by atoms with Crippen molar-refractivity contribution in [1.29, 1.82) is 0 Å². The molecule has 0 aliphatic carbocycles. The first-order valence-corrected chi connectivity index (χ1v) is 5.79. The standard InChI is InChI=1S/C15H16N2O/c1-5-7-12-13(16-6-2)9-18-15-11(4)10(3)8-17-14(12)15/h5-8H,1-2,9H2,3-4H3/b12-7+,16-13-. The summed E-state index contributed by atoms with van der Waals surface area (Å²) in [6.45, 7) is 11.9. The lowest BCUT2D eigenvalue weighted by Gasteiger charge is -2.23. The van der Waals surface area contributed by atoms with E-state index in [1.165, 1.54) is 6.20 Å². The summed E-state index contributed by atoms with van der Waals surface area (Å²) in [4.78, 5) is 8.69. The number of hydrogen-bond donors (Lipinski definition) is 0. The Kier molecular flexibility index (Phi) is 3.42. The van der Waals surface area contributed by atoms with E-state index >= 15 is 0 Å². The van der Waals surface area contributed by atoms with Crippen LogP contribution in [0, 0.1) is 13.8 Å². The Hall–Kier alpha value is -2.16. The van der Waals surface area contributed by atoms with Gasteiger partial charge in [-0.05, 0) is 25.0 Å². The number of fused-ring (bicyclic) bond motifs is 1. The molecule has 0 radical (unpaired) electrons. The molecule has 2 rings (SSSR count). The Morgan fingerprint density at radius 1 is 1.39 bits per heavy atom. The van der Waals surface area contributed by atoms with Crippen LogP contribution < -0.4 is 4.74 Å². The molecule has 1 aliphatic rings. The Labute approximate surface area is 107 Å². The van der Waals surface area contributed by atoms with Crippen LogP contribution in [0.25, 0.3) is 5.57 Å². The first-order chi connectivity index (χ1) is 8.69. The molecule has 0 N–H and O–H groups in total. The summed E-state index contributed by atoms with van der Waals surface area (Å²) in [5.41, 5.74) is 4.84. The molecule has 1 aromatic heterocycles. The highest BCUT2D eigenvalue weighted by molar-refractivity contribution is 6.26. The van der Waals surface area contributed by atoms with Crippen LogP contribution in [0.4, 0.5) is 0 Å². The van der Waals surface area contributed by atoms with Gasteiger partial charge < -0.3 is 4.74 Å². The van der Waals surface area contributed by atoms with Gasteiger partial charge in [0, 0.05) is 18.0 Å². The quantitative estimate of drug-likeness (QED) is 0.795. The van der Waals surface area contributed by atoms with Crippen LogP contribution in [0.2, 0.25) is 0 Å². The number of aliphatic imine (C=N–C) groups is 1. The zero-order chi connectivity index (χ0) is 13.1. The number of allylic oxidation sites excluding steroid dienone is 2. The number of pyridine rings is 1. The summed E-state index contributed by atoms with van der Waals surface area (Å²) in [5, 5.41) is 0. The van der Waals surface area contributed by atoms with Crippen molar-refractivity contribution in [3.8, 4) is 5.75 Å². The molecular formula is C15H16N2O. The smallest absolute Gasteiger partial charge is 0.149 e. The third-order valence-corrected chi connectivity index (χ3v) is 2.99. The van der Waals surface area contributed by atoms with Gasteiger partial charge >= 0.3 is 0 Å². The maximum Gasteiger partial charge on any atom is 0.149 e. The second-order valence-electron chi connectivity index (χ2n) is 4.11. The summed E-state index contributed by atoms with van der Waals surface area (Å²) in [5.74, 6) is 0.839. The molecular weight excluding hydrogens is 224 g/mol. The van der Waals surface area contributed by atoms with Crippen molar-refractivity contribution in [3.63, 3.8) is 0 Å². The highest BCUT2D eigenvalue weighted by atomic mass is 16.5. The normalized spacial score (nSPS) is 18.3. The lowest BCUT2D eigenvalue weighted by molar-refractivity contribution is 0.366. The van der Waals surface area contributed by atoms with E-state index in [9.17, 15) is 0 Å². The van der Waals surface area contributed by atoms with Crippen LogP contribution in [0.3, 0.4) is 0 Å². The second-order valence-corrected chi connectivity index (χ2v) is 4.11. The minimum atomic E-state index is 0.435. The molecule has 0 atom stereocenters. The van der Waals surface area contributed by atoms with E-state index in [-0.39, 0.29) is 0 Å². The van der Waals surface area contributed by atoms with Crippen molar-refractivity contribution >= 4 is 11.3 Å². The minimum Gasteiger partial charge on any atom is -0.485 e. The third kappa shape index (κ3) is 1.99. The number of nitrogens with zero attached hydrogens (tertiary/aromatic N) is 2. The van der Waals surface area contributed by atoms with Crippen molar-refractivity contribution in [1.82, 2.24) is 4.98 Å². The van der Waals surface area contributed by atoms with E-state index in [4.69, 9.17) is 4.74 Å². The van der Waals surface area contributed by atoms with E-state index in [1.807, 2.05) is 26.1 Å². The Bertz CT molecular complexity index is 568. The molecule has 0 fully saturated rings. The highest BCUT2D eigenvalue weighted by Gasteiger charge is 2.24. The summed E-state index contributed by atoms with van der Waals surface area (Å²) in [7, 11) is 0. The van der Waals surface area contributed by atoms with Crippen molar-refractivity contribution in [3.05, 3.63) is 54.5 Å². The predicted octanol–water partition coefficient (Wildman–Crippen LogP) is 3.24. The fourth-order valence-electron chi connectivity index (χ4n) is 1.91. The lowest BCUT2D eigenvalue weighted by atomic mass is 9.99. The van der Waals surface area contributed by atoms with Crippen molar-refractivity contribution < 1.29 is 4.74 Å². The Morgan fingerprint density at radius 3 is 2.83 bits per heavy atom. The number of ether oxygens (including phenoxy) is 1. The highest BCUT2D eigenvalue weighted by Crippen LogP contribution is 2.34. The van der Waals surface area contributed by atoms with E-state index < -0.39 is 0 Å². The number of aromatic nitrogens is 1. The molecule has 92 valence electrons. The minimum absolute atomic E-state index is 0.435. The van der Waals surface area contributed by atoms with Crippen LogP contribution in [0.5, 0.6) is 5.75 Å². The zero-order valence-corrected chi connectivity index (χ0v) is 10.7. The molecule has 0 amide bonds. The van der Waals surface area contributed by atoms with Crippen LogP contribution in [0.1, 0.15) is 16.8 Å². The van der Waals surface area contributed by atoms with Crippen LogP contribution in [-0.4, -0.2) is 17.3 Å². The average molecular weight is 240 g/mol. The first-order valence-electron chi connectivity index (χ1n) is 5.79. The first kappa shape index (κ1) is 12.3. The zero-order valence-electron chi connectivity index (χ0n) is 10.7. The van der Waals surface area contributed by atoms with Gasteiger partial charge in [0.25, 0.3) is 0 Å². The van der Waals surface area contributed by atoms with Crippen molar-refractivity contribution in [2.75, 3.05) is 6.61 Å². The molecule has 0 saturated carbocycles. The van der Waals surface area contributed by atoms with E-state index in [1.54, 1.807) is 6.08 Å². The van der Waals surface area contributed by atoms with Crippen molar-refractivity contribution in [2.24, 2.45) is 4.99 Å². The summed E-state index contributed by atoms with van der Waals surface area (Å²) < 4.78 is 5.76. The molecule has 2 heterocycles. The number of rotatable bonds is 2. The van der Waals surface area contributed by atoms with Crippen LogP contribution >= 0.6 is 0 Å². The summed E-state index contributed by atoms with van der Waals surface area (Å²) in [6, 6.07) is 0. The van der Waals surface area contributed by atoms with Gasteiger partial charge in [-0.2, -0.15) is 0 Å². The van der Waals surface area contributed by atoms with Gasteiger partial charge in [-0.15, -0.1) is 0 Å². The predicted molar refractivity (Wildman–Crippen MR) is 75.0 cm³/mol. The average Bonchev–Trinajstić information content (AvgIpc) is 2.37. The molecule has 0 spiro atoms. The molecule has 0 saturated heterocycles. The fraction of sp³-hybridized carbons (Fsp3) is 0.200. The molecule has 3 heteroatoms. The van der Waals surface area contributed by atoms with Gasteiger partial charge in [0.1, 0.15) is 18.1 Å². The largest absolute Gasteiger partial charge is 0.485 e. The monoisotopic (exact) mass is 240 g/mol. The van der Waals surface area contributed by atoms with Crippen molar-refractivity contribution in [2.45, 2.75) is 13.8 Å². The fourth-order valence-corrected chi connectivity index (χ4v) is 1.91. The maximum atomic E-state index is 5.76. The Balaban J connectivity index is 2.65. The SMILES string of the molecule is C=C/C=C1\C(=N/C=C)COc2c1ncc(C)c2C. The summed E-state index contributed by atoms with van der Waals surface area (Å²) in [6.07, 6.45) is 7.01.